The number of aryl methyl sites for hydroxylation is 1. The molecule has 2 aromatic rings. The van der Waals surface area contributed by atoms with E-state index in [1.54, 1.807) is 17.0 Å². The van der Waals surface area contributed by atoms with Gasteiger partial charge in [0.15, 0.2) is 0 Å². The average molecular weight is 331 g/mol. The summed E-state index contributed by atoms with van der Waals surface area (Å²) in [6.45, 7) is 4.47. The predicted molar refractivity (Wildman–Crippen MR) is 88.7 cm³/mol. The Balaban J connectivity index is 1.90. The van der Waals surface area contributed by atoms with Gasteiger partial charge in [0, 0.05) is 11.9 Å². The molecule has 0 saturated carbocycles. The van der Waals surface area contributed by atoms with Gasteiger partial charge in [0.2, 0.25) is 5.91 Å². The van der Waals surface area contributed by atoms with Gasteiger partial charge < -0.3 is 14.7 Å². The summed E-state index contributed by atoms with van der Waals surface area (Å²) in [5.41, 5.74) is 0.411. The standard InChI is InChI=1S/C17H21N3O4/c1-3-19(14-9-24-10-15(14)21)16(22)8-20-17(23)13-7-5-4-6-12(13)11(2)18-20/h4-7,14-15,21H,3,8-10H2,1-2H3/t14-,15-/m0/s1. The lowest BCUT2D eigenvalue weighted by atomic mass is 10.1. The van der Waals surface area contributed by atoms with Crippen molar-refractivity contribution in [3.05, 3.63) is 40.3 Å². The number of amides is 1. The molecule has 0 bridgehead atoms. The van der Waals surface area contributed by atoms with Crippen LogP contribution in [0, 0.1) is 6.92 Å². The molecule has 1 saturated heterocycles. The Kier molecular flexibility index (Phi) is 4.64. The van der Waals surface area contributed by atoms with Crippen molar-refractivity contribution in [1.82, 2.24) is 14.7 Å². The quantitative estimate of drug-likeness (QED) is 0.872. The number of rotatable bonds is 4. The zero-order chi connectivity index (χ0) is 17.3. The molecule has 2 heterocycles. The second kappa shape index (κ2) is 6.70. The number of nitrogens with zero attached hydrogens (tertiary/aromatic N) is 3. The molecule has 1 N–H and O–H groups in total. The third-order valence-electron chi connectivity index (χ3n) is 4.42. The number of aliphatic hydroxyl groups excluding tert-OH is 1. The SMILES string of the molecule is CCN(C(=O)Cn1nc(C)c2ccccc2c1=O)[C@H]1COC[C@@H]1O. The molecule has 0 aliphatic carbocycles. The van der Waals surface area contributed by atoms with E-state index in [0.29, 0.717) is 24.2 Å². The second-order valence-corrected chi connectivity index (χ2v) is 5.95. The monoisotopic (exact) mass is 331 g/mol. The molecule has 7 nitrogen and oxygen atoms in total. The molecule has 0 radical (unpaired) electrons. The molecule has 0 unspecified atom stereocenters. The lowest BCUT2D eigenvalue weighted by Gasteiger charge is -2.28. The Morgan fingerprint density at radius 2 is 2.08 bits per heavy atom. The van der Waals surface area contributed by atoms with Crippen LogP contribution in [0.2, 0.25) is 0 Å². The predicted octanol–water partition coefficient (Wildman–Crippen LogP) is 0.313. The number of carbonyl (C=O) groups excluding carboxylic acids is 1. The van der Waals surface area contributed by atoms with Crippen LogP contribution < -0.4 is 5.56 Å². The van der Waals surface area contributed by atoms with Gasteiger partial charge in [0.1, 0.15) is 6.54 Å². The van der Waals surface area contributed by atoms with Crippen molar-refractivity contribution in [2.75, 3.05) is 19.8 Å². The highest BCUT2D eigenvalue weighted by Gasteiger charge is 2.33. The van der Waals surface area contributed by atoms with Crippen LogP contribution in [0.3, 0.4) is 0 Å². The molecule has 1 aromatic heterocycles. The van der Waals surface area contributed by atoms with Crippen molar-refractivity contribution in [2.45, 2.75) is 32.5 Å². The molecular formula is C17H21N3O4. The Morgan fingerprint density at radius 1 is 1.38 bits per heavy atom. The first kappa shape index (κ1) is 16.6. The van der Waals surface area contributed by atoms with Crippen molar-refractivity contribution in [2.24, 2.45) is 0 Å². The van der Waals surface area contributed by atoms with E-state index >= 15 is 0 Å². The minimum atomic E-state index is -0.697. The van der Waals surface area contributed by atoms with Gasteiger partial charge >= 0.3 is 0 Å². The molecule has 1 aromatic carbocycles. The lowest BCUT2D eigenvalue weighted by Crippen LogP contribution is -2.48. The highest BCUT2D eigenvalue weighted by atomic mass is 16.5. The summed E-state index contributed by atoms with van der Waals surface area (Å²) in [5.74, 6) is -0.253. The number of fused-ring (bicyclic) bond motifs is 1. The summed E-state index contributed by atoms with van der Waals surface area (Å²) < 4.78 is 6.42. The van der Waals surface area contributed by atoms with E-state index in [2.05, 4.69) is 5.10 Å². The van der Waals surface area contributed by atoms with Crippen LogP contribution in [-0.4, -0.2) is 57.6 Å². The topological polar surface area (TPSA) is 84.7 Å². The third kappa shape index (κ3) is 2.92. The van der Waals surface area contributed by atoms with Crippen LogP contribution in [0.1, 0.15) is 12.6 Å². The largest absolute Gasteiger partial charge is 0.388 e. The Bertz CT molecular complexity index is 817. The molecule has 1 amide bonds. The third-order valence-corrected chi connectivity index (χ3v) is 4.42. The van der Waals surface area contributed by atoms with Gasteiger partial charge in [-0.1, -0.05) is 18.2 Å². The van der Waals surface area contributed by atoms with Gasteiger partial charge in [0.25, 0.3) is 5.56 Å². The Labute approximate surface area is 139 Å². The molecule has 3 rings (SSSR count). The summed E-state index contributed by atoms with van der Waals surface area (Å²) in [7, 11) is 0. The first-order chi connectivity index (χ1) is 11.5. The molecule has 1 aliphatic heterocycles. The van der Waals surface area contributed by atoms with Gasteiger partial charge in [-0.05, 0) is 19.9 Å². The lowest BCUT2D eigenvalue weighted by molar-refractivity contribution is -0.135. The summed E-state index contributed by atoms with van der Waals surface area (Å²) in [6.07, 6.45) is -0.697. The van der Waals surface area contributed by atoms with Crippen LogP contribution in [0.25, 0.3) is 10.8 Å². The molecule has 1 fully saturated rings. The van der Waals surface area contributed by atoms with Crippen molar-refractivity contribution in [1.29, 1.82) is 0 Å². The van der Waals surface area contributed by atoms with E-state index < -0.39 is 6.10 Å². The number of benzene rings is 1. The Morgan fingerprint density at radius 3 is 2.71 bits per heavy atom. The smallest absolute Gasteiger partial charge is 0.275 e. The Hall–Kier alpha value is -2.25. The maximum Gasteiger partial charge on any atom is 0.275 e. The van der Waals surface area contributed by atoms with Crippen LogP contribution in [-0.2, 0) is 16.1 Å². The summed E-state index contributed by atoms with van der Waals surface area (Å²) in [5, 5.41) is 15.5. The normalized spacial score (nSPS) is 20.5. The summed E-state index contributed by atoms with van der Waals surface area (Å²) in [6, 6.07) is 6.85. The summed E-state index contributed by atoms with van der Waals surface area (Å²) >= 11 is 0. The van der Waals surface area contributed by atoms with Crippen molar-refractivity contribution in [3.8, 4) is 0 Å². The van der Waals surface area contributed by atoms with Gasteiger partial charge in [0.05, 0.1) is 36.4 Å². The fourth-order valence-electron chi connectivity index (χ4n) is 3.16. The number of hydrogen-bond acceptors (Lipinski definition) is 5. The average Bonchev–Trinajstić information content (AvgIpc) is 2.99. The van der Waals surface area contributed by atoms with Crippen LogP contribution in [0.15, 0.2) is 29.1 Å². The zero-order valence-electron chi connectivity index (χ0n) is 13.8. The maximum atomic E-state index is 12.6. The molecule has 2 atom stereocenters. The zero-order valence-corrected chi connectivity index (χ0v) is 13.8. The van der Waals surface area contributed by atoms with Crippen molar-refractivity contribution >= 4 is 16.7 Å². The molecule has 128 valence electrons. The summed E-state index contributed by atoms with van der Waals surface area (Å²) in [4.78, 5) is 26.8. The van der Waals surface area contributed by atoms with Crippen molar-refractivity contribution < 1.29 is 14.6 Å². The highest BCUT2D eigenvalue weighted by molar-refractivity contribution is 5.83. The van der Waals surface area contributed by atoms with Gasteiger partial charge in [-0.15, -0.1) is 0 Å². The number of aliphatic hydroxyl groups is 1. The van der Waals surface area contributed by atoms with E-state index in [1.165, 1.54) is 4.68 Å². The van der Waals surface area contributed by atoms with Crippen LogP contribution in [0.4, 0.5) is 0 Å². The van der Waals surface area contributed by atoms with Gasteiger partial charge in [-0.2, -0.15) is 5.10 Å². The van der Waals surface area contributed by atoms with Crippen LogP contribution >= 0.6 is 0 Å². The minimum absolute atomic E-state index is 0.151. The number of aromatic nitrogens is 2. The number of hydrogen-bond donors (Lipinski definition) is 1. The second-order valence-electron chi connectivity index (χ2n) is 5.95. The van der Waals surface area contributed by atoms with E-state index in [9.17, 15) is 14.7 Å². The fraction of sp³-hybridized carbons (Fsp3) is 0.471. The van der Waals surface area contributed by atoms with Crippen molar-refractivity contribution in [3.63, 3.8) is 0 Å². The molecule has 0 spiro atoms. The first-order valence-electron chi connectivity index (χ1n) is 8.04. The maximum absolute atomic E-state index is 12.6. The van der Waals surface area contributed by atoms with E-state index in [4.69, 9.17) is 4.74 Å². The fourth-order valence-corrected chi connectivity index (χ4v) is 3.16. The van der Waals surface area contributed by atoms with E-state index in [1.807, 2.05) is 26.0 Å². The molecule has 1 aliphatic rings. The molecule has 24 heavy (non-hydrogen) atoms. The highest BCUT2D eigenvalue weighted by Crippen LogP contribution is 2.15. The number of carbonyl (C=O) groups is 1. The first-order valence-corrected chi connectivity index (χ1v) is 8.04. The van der Waals surface area contributed by atoms with Gasteiger partial charge in [-0.3, -0.25) is 9.59 Å². The van der Waals surface area contributed by atoms with Crippen LogP contribution in [0.5, 0.6) is 0 Å². The van der Waals surface area contributed by atoms with E-state index in [0.717, 1.165) is 5.39 Å². The minimum Gasteiger partial charge on any atom is -0.388 e. The molecule has 7 heteroatoms. The number of ether oxygens (including phenoxy) is 1. The van der Waals surface area contributed by atoms with E-state index in [-0.39, 0.29) is 30.7 Å². The molecular weight excluding hydrogens is 310 g/mol. The van der Waals surface area contributed by atoms with Gasteiger partial charge in [-0.25, -0.2) is 4.68 Å². The number of likely N-dealkylation sites (N-methyl/N-ethyl adjacent to an activating group) is 1.